The molecule has 0 aromatic heterocycles. The Balaban J connectivity index is 1.87. The maximum Gasteiger partial charge on any atom is 0.146 e. The van der Waals surface area contributed by atoms with Crippen molar-refractivity contribution in [3.63, 3.8) is 0 Å². The van der Waals surface area contributed by atoms with Crippen LogP contribution in [0.1, 0.15) is 18.0 Å². The average Bonchev–Trinajstić information content (AvgIpc) is 2.76. The lowest BCUT2D eigenvalue weighted by Gasteiger charge is -2.27. The summed E-state index contributed by atoms with van der Waals surface area (Å²) in [6.07, 6.45) is 0.902. The predicted octanol–water partition coefficient (Wildman–Crippen LogP) is 3.51. The summed E-state index contributed by atoms with van der Waals surface area (Å²) >= 11 is 0. The number of halogens is 2. The van der Waals surface area contributed by atoms with Gasteiger partial charge in [-0.25, -0.2) is 8.78 Å². The van der Waals surface area contributed by atoms with Crippen molar-refractivity contribution in [1.82, 2.24) is 5.32 Å². The number of hydrogen-bond donors (Lipinski definition) is 1. The lowest BCUT2D eigenvalue weighted by molar-refractivity contribution is 0.561. The minimum Gasteiger partial charge on any atom is -0.367 e. The van der Waals surface area contributed by atoms with Gasteiger partial charge in [-0.1, -0.05) is 30.3 Å². The number of hydrogen-bond acceptors (Lipinski definition) is 2. The van der Waals surface area contributed by atoms with Gasteiger partial charge in [-0.3, -0.25) is 0 Å². The molecule has 0 bridgehead atoms. The molecule has 0 amide bonds. The first-order valence-electron chi connectivity index (χ1n) is 7.22. The Labute approximate surface area is 123 Å². The van der Waals surface area contributed by atoms with E-state index in [2.05, 4.69) is 17.4 Å². The Morgan fingerprint density at radius 3 is 2.67 bits per heavy atom. The molecule has 0 spiro atoms. The van der Waals surface area contributed by atoms with Crippen molar-refractivity contribution in [1.29, 1.82) is 0 Å². The summed E-state index contributed by atoms with van der Waals surface area (Å²) in [5.41, 5.74) is 1.51. The maximum absolute atomic E-state index is 14.0. The van der Waals surface area contributed by atoms with Gasteiger partial charge < -0.3 is 10.2 Å². The summed E-state index contributed by atoms with van der Waals surface area (Å²) in [5.74, 6) is -0.773. The third-order valence-electron chi connectivity index (χ3n) is 3.85. The summed E-state index contributed by atoms with van der Waals surface area (Å²) in [4.78, 5) is 1.93. The summed E-state index contributed by atoms with van der Waals surface area (Å²) in [6.45, 7) is 2.22. The Morgan fingerprint density at radius 2 is 1.86 bits per heavy atom. The molecule has 21 heavy (non-hydrogen) atoms. The normalized spacial score (nSPS) is 19.3. The van der Waals surface area contributed by atoms with Crippen LogP contribution in [0.3, 0.4) is 0 Å². The largest absolute Gasteiger partial charge is 0.367 e. The summed E-state index contributed by atoms with van der Waals surface area (Å²) in [6, 6.07) is 13.8. The van der Waals surface area contributed by atoms with Crippen molar-refractivity contribution in [2.75, 3.05) is 24.5 Å². The molecule has 0 saturated carbocycles. The zero-order valence-corrected chi connectivity index (χ0v) is 11.7. The molecule has 2 nitrogen and oxygen atoms in total. The molecule has 110 valence electrons. The van der Waals surface area contributed by atoms with Crippen molar-refractivity contribution >= 4 is 5.69 Å². The minimum absolute atomic E-state index is 0.122. The van der Waals surface area contributed by atoms with Crippen molar-refractivity contribution in [2.24, 2.45) is 0 Å². The van der Waals surface area contributed by atoms with E-state index >= 15 is 0 Å². The molecule has 1 saturated heterocycles. The standard InChI is InChI=1S/C17H18F2N2/c18-14-7-8-15(19)17(11-14)21-10-4-9-20-16(12-21)13-5-2-1-3-6-13/h1-3,5-8,11,16,20H,4,9-10,12H2. The maximum atomic E-state index is 14.0. The van der Waals surface area contributed by atoms with E-state index < -0.39 is 5.82 Å². The topological polar surface area (TPSA) is 15.3 Å². The van der Waals surface area contributed by atoms with Gasteiger partial charge in [-0.2, -0.15) is 0 Å². The molecule has 1 unspecified atom stereocenters. The predicted molar refractivity (Wildman–Crippen MR) is 80.4 cm³/mol. The molecule has 1 aliphatic heterocycles. The van der Waals surface area contributed by atoms with Gasteiger partial charge in [0.25, 0.3) is 0 Å². The molecular formula is C17H18F2N2. The van der Waals surface area contributed by atoms with Crippen molar-refractivity contribution in [2.45, 2.75) is 12.5 Å². The molecule has 3 rings (SSSR count). The molecule has 0 aliphatic carbocycles. The number of anilines is 1. The molecule has 1 N–H and O–H groups in total. The van der Waals surface area contributed by atoms with Crippen LogP contribution in [0.25, 0.3) is 0 Å². The Hall–Kier alpha value is -1.94. The molecule has 0 radical (unpaired) electrons. The highest BCUT2D eigenvalue weighted by molar-refractivity contribution is 5.48. The molecule has 1 heterocycles. The van der Waals surface area contributed by atoms with E-state index in [1.54, 1.807) is 0 Å². The zero-order chi connectivity index (χ0) is 14.7. The molecule has 1 aliphatic rings. The van der Waals surface area contributed by atoms with Gasteiger partial charge >= 0.3 is 0 Å². The van der Waals surface area contributed by atoms with E-state index in [1.165, 1.54) is 17.7 Å². The number of nitrogens with zero attached hydrogens (tertiary/aromatic N) is 1. The van der Waals surface area contributed by atoms with Crippen LogP contribution < -0.4 is 10.2 Å². The zero-order valence-electron chi connectivity index (χ0n) is 11.7. The minimum atomic E-state index is -0.403. The van der Waals surface area contributed by atoms with Crippen LogP contribution >= 0.6 is 0 Å². The van der Waals surface area contributed by atoms with Gasteiger partial charge in [0, 0.05) is 25.2 Å². The van der Waals surface area contributed by atoms with Crippen LogP contribution in [-0.2, 0) is 0 Å². The van der Waals surface area contributed by atoms with Gasteiger partial charge in [0.2, 0.25) is 0 Å². The van der Waals surface area contributed by atoms with Crippen molar-refractivity contribution < 1.29 is 8.78 Å². The fraction of sp³-hybridized carbons (Fsp3) is 0.294. The van der Waals surface area contributed by atoms with Crippen LogP contribution in [0, 0.1) is 11.6 Å². The number of rotatable bonds is 2. The fourth-order valence-electron chi connectivity index (χ4n) is 2.78. The van der Waals surface area contributed by atoms with Gasteiger partial charge in [0.05, 0.1) is 5.69 Å². The smallest absolute Gasteiger partial charge is 0.146 e. The van der Waals surface area contributed by atoms with E-state index in [1.807, 2.05) is 23.1 Å². The highest BCUT2D eigenvalue weighted by Gasteiger charge is 2.21. The highest BCUT2D eigenvalue weighted by Crippen LogP contribution is 2.25. The third-order valence-corrected chi connectivity index (χ3v) is 3.85. The van der Waals surface area contributed by atoms with Crippen LogP contribution in [0.15, 0.2) is 48.5 Å². The molecule has 1 fully saturated rings. The van der Waals surface area contributed by atoms with E-state index in [9.17, 15) is 8.78 Å². The number of nitrogens with one attached hydrogen (secondary N) is 1. The van der Waals surface area contributed by atoms with E-state index in [4.69, 9.17) is 0 Å². The van der Waals surface area contributed by atoms with Crippen LogP contribution in [0.2, 0.25) is 0 Å². The Kier molecular flexibility index (Phi) is 4.15. The first-order valence-corrected chi connectivity index (χ1v) is 7.22. The Bertz CT molecular complexity index is 601. The van der Waals surface area contributed by atoms with E-state index in [0.717, 1.165) is 25.6 Å². The third kappa shape index (κ3) is 3.22. The average molecular weight is 288 g/mol. The van der Waals surface area contributed by atoms with E-state index in [0.29, 0.717) is 12.2 Å². The molecule has 4 heteroatoms. The SMILES string of the molecule is Fc1ccc(F)c(N2CCCNC(c3ccccc3)C2)c1. The monoisotopic (exact) mass is 288 g/mol. The Morgan fingerprint density at radius 1 is 1.05 bits per heavy atom. The van der Waals surface area contributed by atoms with Gasteiger partial charge in [-0.05, 0) is 30.7 Å². The first kappa shape index (κ1) is 14.0. The van der Waals surface area contributed by atoms with Gasteiger partial charge in [0.1, 0.15) is 11.6 Å². The quantitative estimate of drug-likeness (QED) is 0.910. The van der Waals surface area contributed by atoms with Crippen LogP contribution in [0.4, 0.5) is 14.5 Å². The lowest BCUT2D eigenvalue weighted by atomic mass is 10.1. The second-order valence-electron chi connectivity index (χ2n) is 5.31. The second-order valence-corrected chi connectivity index (χ2v) is 5.31. The molecular weight excluding hydrogens is 270 g/mol. The second kappa shape index (κ2) is 6.22. The van der Waals surface area contributed by atoms with E-state index in [-0.39, 0.29) is 11.9 Å². The summed E-state index contributed by atoms with van der Waals surface area (Å²) < 4.78 is 27.4. The highest BCUT2D eigenvalue weighted by atomic mass is 19.1. The van der Waals surface area contributed by atoms with Crippen molar-refractivity contribution in [3.8, 4) is 0 Å². The fourth-order valence-corrected chi connectivity index (χ4v) is 2.78. The van der Waals surface area contributed by atoms with Crippen LogP contribution in [0.5, 0.6) is 0 Å². The summed E-state index contributed by atoms with van der Waals surface area (Å²) in [7, 11) is 0. The first-order chi connectivity index (χ1) is 10.2. The molecule has 2 aromatic carbocycles. The molecule has 1 atom stereocenters. The van der Waals surface area contributed by atoms with Gasteiger partial charge in [0.15, 0.2) is 0 Å². The molecule has 2 aromatic rings. The summed E-state index contributed by atoms with van der Waals surface area (Å²) in [5, 5.41) is 3.47. The lowest BCUT2D eigenvalue weighted by Crippen LogP contribution is -2.32. The van der Waals surface area contributed by atoms with Crippen molar-refractivity contribution in [3.05, 3.63) is 65.7 Å². The van der Waals surface area contributed by atoms with Crippen LogP contribution in [-0.4, -0.2) is 19.6 Å². The number of benzene rings is 2. The van der Waals surface area contributed by atoms with Gasteiger partial charge in [-0.15, -0.1) is 0 Å².